The Morgan fingerprint density at radius 1 is 0.371 bits per heavy atom. The molecule has 4 saturated heterocycles. The first-order valence-corrected chi connectivity index (χ1v) is 47.3. The summed E-state index contributed by atoms with van der Waals surface area (Å²) in [6.07, 6.45) is 15.0. The number of hydrogen-bond acceptors (Lipinski definition) is 23. The highest BCUT2D eigenvalue weighted by Gasteiger charge is 2.39. The van der Waals surface area contributed by atoms with Crippen molar-refractivity contribution in [2.24, 2.45) is 35.1 Å². The third kappa shape index (κ3) is 23.6. The second kappa shape index (κ2) is 44.8. The minimum Gasteiger partial charge on any atom is -0.457 e. The molecule has 4 aromatic heterocycles. The summed E-state index contributed by atoms with van der Waals surface area (Å²) in [4.78, 5) is 34.3. The standard InChI is InChI=1S/2C24H27N5O2.2C24H25N5O.C3H3ClO.CH4O3S/c2*25-23(30)21-22(17-6-8-19(9-7-17)31-18-4-2-1-3-5-18)28-29-20(12-15-27-24(21)29)16-10-13-26-14-11-16;2*25-16-21-23(18-6-8-20(9-7-18)30-19-4-2-1-3-5-19)28-29-22(12-15-27-24(21)29)17-10-13-26-14-11-17;1-2-3(4)5;1-5(2,3)4/h2*1-9,16,20,26-27H,10-15H2,(H2,25,30);2*1-9,17,22,26-27H,10-15H2;2H,1H2;1H3,(H,2,3,4)/t2*20-;2*22-;;/m0000../s1. The number of nitriles is 2. The average molecular weight is 1820 g/mol. The number of halogens is 1. The average Bonchev–Trinajstić information content (AvgIpc) is 1.63. The van der Waals surface area contributed by atoms with Gasteiger partial charge < -0.3 is 72.9 Å². The van der Waals surface area contributed by atoms with Gasteiger partial charge in [-0.3, -0.25) is 18.9 Å². The molecule has 0 aliphatic carbocycles. The zero-order chi connectivity index (χ0) is 91.9. The van der Waals surface area contributed by atoms with Gasteiger partial charge in [-0.25, -0.2) is 18.7 Å². The quantitative estimate of drug-likeness (QED) is 0.0203. The summed E-state index contributed by atoms with van der Waals surface area (Å²) in [5, 5.41) is 66.3. The van der Waals surface area contributed by atoms with Crippen molar-refractivity contribution in [2.45, 2.75) is 101 Å². The van der Waals surface area contributed by atoms with Crippen LogP contribution in [0.25, 0.3) is 45.0 Å². The number of primary amides is 2. The van der Waals surface area contributed by atoms with Gasteiger partial charge in [0.2, 0.25) is 5.24 Å². The first kappa shape index (κ1) is 93.1. The summed E-state index contributed by atoms with van der Waals surface area (Å²) in [6.45, 7) is 14.9. The van der Waals surface area contributed by atoms with Gasteiger partial charge in [0.1, 0.15) is 126 Å². The Bertz CT molecular complexity index is 5710. The molecule has 8 aliphatic rings. The summed E-state index contributed by atoms with van der Waals surface area (Å²) in [6, 6.07) is 75.7. The van der Waals surface area contributed by atoms with Crippen molar-refractivity contribution in [2.75, 3.05) is 106 Å². The number of para-hydroxylation sites is 4. The lowest BCUT2D eigenvalue weighted by Crippen LogP contribution is -2.36. The Morgan fingerprint density at radius 2 is 0.576 bits per heavy atom. The van der Waals surface area contributed by atoms with E-state index in [1.807, 2.05) is 228 Å². The molecule has 13 N–H and O–H groups in total. The minimum absolute atomic E-state index is 0.283. The molecule has 0 unspecified atom stereocenters. The molecular formula is C100H111ClN20O10S. The van der Waals surface area contributed by atoms with Crippen molar-refractivity contribution in [3.05, 3.63) is 253 Å². The maximum Gasteiger partial charge on any atom is 0.261 e. The molecule has 0 spiro atoms. The van der Waals surface area contributed by atoms with Gasteiger partial charge in [-0.2, -0.15) is 39.3 Å². The lowest BCUT2D eigenvalue weighted by Gasteiger charge is -2.34. The van der Waals surface area contributed by atoms with E-state index in [4.69, 9.17) is 67.0 Å². The van der Waals surface area contributed by atoms with Crippen LogP contribution >= 0.6 is 11.6 Å². The zero-order valence-electron chi connectivity index (χ0n) is 73.7. The van der Waals surface area contributed by atoms with E-state index in [9.17, 15) is 33.3 Å². The summed E-state index contributed by atoms with van der Waals surface area (Å²) < 4.78 is 57.6. The van der Waals surface area contributed by atoms with Crippen LogP contribution in [0, 0.1) is 46.3 Å². The number of carbonyl (C=O) groups is 3. The molecule has 0 bridgehead atoms. The van der Waals surface area contributed by atoms with Gasteiger partial charge in [-0.15, -0.1) is 0 Å². The van der Waals surface area contributed by atoms with E-state index in [1.54, 1.807) is 0 Å². The third-order valence-electron chi connectivity index (χ3n) is 24.8. The molecule has 8 aliphatic heterocycles. The molecule has 12 heterocycles. The molecule has 2 amide bonds. The Balaban J connectivity index is 0.000000130. The monoisotopic (exact) mass is 1820 g/mol. The molecule has 0 radical (unpaired) electrons. The van der Waals surface area contributed by atoms with Crippen molar-refractivity contribution < 1.29 is 46.3 Å². The van der Waals surface area contributed by atoms with Gasteiger partial charge in [0.25, 0.3) is 21.9 Å². The SMILES string of the molecule is C=CC(=O)Cl.CS(=O)(=O)O.N#Cc1c(-c2ccc(Oc3ccccc3)cc2)nn2c1NCC[C@H]2C1CCNCC1.N#Cc1c(-c2ccc(Oc3ccccc3)cc2)nn2c1NCC[C@H]2C1CCNCC1.NC(=O)c1c(-c2ccc(Oc3ccccc3)cc2)nn2c1NCC[C@H]2C1CCNCC1.NC(=O)c1c(-c2ccc(Oc3ccccc3)cc2)nn2c1NCC[C@H]2C1CCNCC1. The molecule has 30 nitrogen and oxygen atoms in total. The molecule has 4 fully saturated rings. The van der Waals surface area contributed by atoms with Gasteiger partial charge in [0.15, 0.2) is 0 Å². The van der Waals surface area contributed by atoms with Crippen LogP contribution in [0.4, 0.5) is 23.3 Å². The minimum atomic E-state index is -3.67. The Morgan fingerprint density at radius 3 is 0.795 bits per heavy atom. The number of hydrogen-bond donors (Lipinski definition) is 11. The Kier molecular flexibility index (Phi) is 31.6. The van der Waals surface area contributed by atoms with Gasteiger partial charge in [0.05, 0.1) is 30.4 Å². The van der Waals surface area contributed by atoms with E-state index in [0.717, 1.165) is 265 Å². The molecule has 20 rings (SSSR count). The number of carbonyl (C=O) groups excluding carboxylic acids is 3. The number of nitrogens with two attached hydrogens (primary N) is 2. The second-order valence-corrected chi connectivity index (χ2v) is 35.3. The van der Waals surface area contributed by atoms with E-state index in [-0.39, 0.29) is 12.1 Å². The van der Waals surface area contributed by atoms with E-state index in [2.05, 4.69) is 70.6 Å². The zero-order valence-corrected chi connectivity index (χ0v) is 75.3. The van der Waals surface area contributed by atoms with Crippen LogP contribution in [0.2, 0.25) is 0 Å². The summed E-state index contributed by atoms with van der Waals surface area (Å²) in [7, 11) is -3.67. The number of rotatable bonds is 19. The number of amides is 2. The Hall–Kier alpha value is -13.6. The number of fused-ring (bicyclic) bond motifs is 4. The summed E-state index contributed by atoms with van der Waals surface area (Å²) >= 11 is 4.71. The fraction of sp³-hybridized carbons (Fsp3) is 0.330. The maximum atomic E-state index is 12.4. The third-order valence-corrected chi connectivity index (χ3v) is 25.0. The van der Waals surface area contributed by atoms with Crippen LogP contribution < -0.4 is 72.9 Å². The van der Waals surface area contributed by atoms with Crippen molar-refractivity contribution in [1.82, 2.24) is 60.4 Å². The van der Waals surface area contributed by atoms with Gasteiger partial charge in [-0.1, -0.05) is 79.4 Å². The normalized spacial score (nSPS) is 18.1. The number of nitrogens with one attached hydrogen (secondary N) is 8. The fourth-order valence-electron chi connectivity index (χ4n) is 18.6. The van der Waals surface area contributed by atoms with Crippen molar-refractivity contribution >= 4 is 62.0 Å². The predicted octanol–water partition coefficient (Wildman–Crippen LogP) is 17.2. The van der Waals surface area contributed by atoms with Gasteiger partial charge >= 0.3 is 0 Å². The number of piperidine rings is 4. The summed E-state index contributed by atoms with van der Waals surface area (Å²) in [5.41, 5.74) is 20.1. The highest BCUT2D eigenvalue weighted by molar-refractivity contribution is 7.85. The van der Waals surface area contributed by atoms with E-state index in [0.29, 0.717) is 75.7 Å². The fourth-order valence-corrected chi connectivity index (χ4v) is 18.6. The van der Waals surface area contributed by atoms with E-state index in [1.165, 1.54) is 0 Å². The molecule has 8 aromatic carbocycles. The maximum absolute atomic E-state index is 12.4. The van der Waals surface area contributed by atoms with Crippen LogP contribution in [-0.2, 0) is 14.9 Å². The Labute approximate surface area is 773 Å². The number of aromatic nitrogens is 8. The number of nitrogens with zero attached hydrogens (tertiary/aromatic N) is 10. The van der Waals surface area contributed by atoms with Gasteiger partial charge in [0, 0.05) is 48.4 Å². The van der Waals surface area contributed by atoms with Crippen LogP contribution in [0.5, 0.6) is 46.0 Å². The largest absolute Gasteiger partial charge is 0.457 e. The van der Waals surface area contributed by atoms with Crippen molar-refractivity contribution in [3.63, 3.8) is 0 Å². The summed E-state index contributed by atoms with van der Waals surface area (Å²) in [5.74, 6) is 10.8. The van der Waals surface area contributed by atoms with Crippen LogP contribution in [0.1, 0.15) is 133 Å². The number of ether oxygens (including phenoxy) is 4. The molecule has 4 atom stereocenters. The van der Waals surface area contributed by atoms with Crippen molar-refractivity contribution in [3.8, 4) is 103 Å². The second-order valence-electron chi connectivity index (χ2n) is 33.5. The highest BCUT2D eigenvalue weighted by Crippen LogP contribution is 2.46. The van der Waals surface area contributed by atoms with E-state index < -0.39 is 27.2 Å². The predicted molar refractivity (Wildman–Crippen MR) is 513 cm³/mol. The van der Waals surface area contributed by atoms with Crippen LogP contribution in [0.15, 0.2) is 231 Å². The first-order chi connectivity index (χ1) is 64.3. The topological polar surface area (TPSA) is 410 Å². The number of benzene rings is 8. The van der Waals surface area contributed by atoms with Crippen LogP contribution in [0.3, 0.4) is 0 Å². The number of allylic oxidation sites excluding steroid dienone is 1. The smallest absolute Gasteiger partial charge is 0.261 e. The molecule has 12 aromatic rings. The lowest BCUT2D eigenvalue weighted by molar-refractivity contribution is -0.107. The molecule has 32 heteroatoms. The van der Waals surface area contributed by atoms with E-state index >= 15 is 0 Å². The molecule has 132 heavy (non-hydrogen) atoms. The van der Waals surface area contributed by atoms with Gasteiger partial charge in [-0.05, 0) is 316 Å². The molecular weight excluding hydrogens is 1710 g/mol. The lowest BCUT2D eigenvalue weighted by atomic mass is 9.87. The van der Waals surface area contributed by atoms with Crippen molar-refractivity contribution in [1.29, 1.82) is 10.5 Å². The first-order valence-electron chi connectivity index (χ1n) is 45.1. The molecule has 0 saturated carbocycles. The highest BCUT2D eigenvalue weighted by atomic mass is 35.5. The van der Waals surface area contributed by atoms with Crippen LogP contribution in [-0.4, -0.2) is 154 Å². The number of anilines is 4. The molecule has 684 valence electrons.